The van der Waals surface area contributed by atoms with Gasteiger partial charge in [-0.2, -0.15) is 0 Å². The lowest BCUT2D eigenvalue weighted by Crippen LogP contribution is -2.29. The zero-order chi connectivity index (χ0) is 13.1. The first kappa shape index (κ1) is 13.6. The first-order valence-corrected chi connectivity index (χ1v) is 6.64. The van der Waals surface area contributed by atoms with Gasteiger partial charge in [-0.25, -0.2) is 4.39 Å². The summed E-state index contributed by atoms with van der Waals surface area (Å²) in [6, 6.07) is 3.37. The molecule has 1 aromatic carbocycles. The highest BCUT2D eigenvalue weighted by Crippen LogP contribution is 2.28. The fraction of sp³-hybridized carbons (Fsp3) is 0.571. The van der Waals surface area contributed by atoms with Crippen LogP contribution in [0.1, 0.15) is 25.3 Å². The molecule has 2 nitrogen and oxygen atoms in total. The predicted molar refractivity (Wildman–Crippen MR) is 69.8 cm³/mol. The number of hydrogen-bond acceptors (Lipinski definition) is 2. The highest BCUT2D eigenvalue weighted by Gasteiger charge is 2.20. The number of benzene rings is 1. The van der Waals surface area contributed by atoms with Gasteiger partial charge in [-0.15, -0.1) is 0 Å². The molecule has 1 unspecified atom stereocenters. The number of ether oxygens (including phenoxy) is 2. The summed E-state index contributed by atoms with van der Waals surface area (Å²) in [5, 5.41) is 0.130. The fourth-order valence-corrected chi connectivity index (χ4v) is 2.15. The zero-order valence-electron chi connectivity index (χ0n) is 10.7. The molecular formula is C14H18ClFO2. The van der Waals surface area contributed by atoms with E-state index in [2.05, 4.69) is 6.92 Å². The van der Waals surface area contributed by atoms with Gasteiger partial charge in [0.15, 0.2) is 11.6 Å². The van der Waals surface area contributed by atoms with Crippen LogP contribution in [0.3, 0.4) is 0 Å². The van der Waals surface area contributed by atoms with Crippen molar-refractivity contribution in [1.82, 2.24) is 0 Å². The Morgan fingerprint density at radius 2 is 2.22 bits per heavy atom. The largest absolute Gasteiger partial charge is 0.488 e. The van der Waals surface area contributed by atoms with Crippen LogP contribution >= 0.6 is 11.6 Å². The number of rotatable bonds is 3. The Morgan fingerprint density at radius 3 is 2.89 bits per heavy atom. The molecule has 0 radical (unpaired) electrons. The Hall–Kier alpha value is -0.800. The molecule has 0 spiro atoms. The molecule has 1 heterocycles. The normalized spacial score (nSPS) is 24.0. The van der Waals surface area contributed by atoms with Crippen LogP contribution in [0, 0.1) is 18.7 Å². The van der Waals surface area contributed by atoms with Gasteiger partial charge in [-0.05, 0) is 37.3 Å². The van der Waals surface area contributed by atoms with Crippen LogP contribution in [0.4, 0.5) is 4.39 Å². The Labute approximate surface area is 112 Å². The van der Waals surface area contributed by atoms with Crippen molar-refractivity contribution in [3.8, 4) is 5.75 Å². The average Bonchev–Trinajstić information content (AvgIpc) is 2.37. The summed E-state index contributed by atoms with van der Waals surface area (Å²) in [4.78, 5) is 0. The van der Waals surface area contributed by atoms with Crippen molar-refractivity contribution < 1.29 is 13.9 Å². The van der Waals surface area contributed by atoms with E-state index in [1.54, 1.807) is 19.1 Å². The number of aryl methyl sites for hydroxylation is 1. The maximum absolute atomic E-state index is 13.8. The molecule has 18 heavy (non-hydrogen) atoms. The van der Waals surface area contributed by atoms with Gasteiger partial charge in [0.2, 0.25) is 0 Å². The summed E-state index contributed by atoms with van der Waals surface area (Å²) >= 11 is 5.84. The minimum Gasteiger partial charge on any atom is -0.488 e. The quantitative estimate of drug-likeness (QED) is 0.829. The first-order valence-electron chi connectivity index (χ1n) is 6.27. The van der Waals surface area contributed by atoms with Gasteiger partial charge in [0, 0.05) is 6.61 Å². The Morgan fingerprint density at radius 1 is 1.44 bits per heavy atom. The minimum atomic E-state index is -0.485. The third-order valence-electron chi connectivity index (χ3n) is 3.26. The molecular weight excluding hydrogens is 255 g/mol. The maximum Gasteiger partial charge on any atom is 0.183 e. The minimum absolute atomic E-state index is 0.0562. The van der Waals surface area contributed by atoms with Crippen LogP contribution in [0.2, 0.25) is 5.02 Å². The van der Waals surface area contributed by atoms with E-state index in [9.17, 15) is 4.39 Å². The SMILES string of the molecule is Cc1ccc(OC[C@@H]2CCC(C)CO2)c(F)c1Cl. The van der Waals surface area contributed by atoms with Crippen LogP contribution < -0.4 is 4.74 Å². The van der Waals surface area contributed by atoms with Crippen LogP contribution in [0.25, 0.3) is 0 Å². The Balaban J connectivity index is 1.92. The molecule has 0 aromatic heterocycles. The molecule has 4 heteroatoms. The average molecular weight is 273 g/mol. The molecule has 0 saturated carbocycles. The third kappa shape index (κ3) is 3.15. The lowest BCUT2D eigenvalue weighted by Gasteiger charge is -2.26. The van der Waals surface area contributed by atoms with Crippen molar-refractivity contribution in [2.45, 2.75) is 32.8 Å². The van der Waals surface area contributed by atoms with Crippen molar-refractivity contribution >= 4 is 11.6 Å². The highest BCUT2D eigenvalue weighted by molar-refractivity contribution is 6.31. The second-order valence-corrected chi connectivity index (χ2v) is 5.34. The smallest absolute Gasteiger partial charge is 0.183 e. The standard InChI is InChI=1S/C14H18ClFO2/c1-9-3-5-11(17-7-9)8-18-12-6-4-10(2)13(15)14(12)16/h4,6,9,11H,3,5,7-8H2,1-2H3/t9?,11-/m0/s1. The number of halogens is 2. The molecule has 0 N–H and O–H groups in total. The summed E-state index contributed by atoms with van der Waals surface area (Å²) in [5.74, 6) is 0.320. The lowest BCUT2D eigenvalue weighted by atomic mass is 10.0. The van der Waals surface area contributed by atoms with Gasteiger partial charge >= 0.3 is 0 Å². The van der Waals surface area contributed by atoms with E-state index in [-0.39, 0.29) is 16.9 Å². The molecule has 0 amide bonds. The van der Waals surface area contributed by atoms with E-state index < -0.39 is 5.82 Å². The van der Waals surface area contributed by atoms with E-state index in [4.69, 9.17) is 21.1 Å². The zero-order valence-corrected chi connectivity index (χ0v) is 11.5. The fourth-order valence-electron chi connectivity index (χ4n) is 1.99. The van der Waals surface area contributed by atoms with Crippen LogP contribution in [0.15, 0.2) is 12.1 Å². The van der Waals surface area contributed by atoms with Gasteiger partial charge in [-0.1, -0.05) is 24.6 Å². The molecule has 0 aliphatic carbocycles. The summed E-state index contributed by atoms with van der Waals surface area (Å²) in [5.41, 5.74) is 0.712. The molecule has 1 fully saturated rings. The Bertz CT molecular complexity index is 415. The van der Waals surface area contributed by atoms with Gasteiger partial charge in [0.25, 0.3) is 0 Å². The number of hydrogen-bond donors (Lipinski definition) is 0. The molecule has 1 aliphatic rings. The van der Waals surface area contributed by atoms with Crippen LogP contribution in [-0.2, 0) is 4.74 Å². The van der Waals surface area contributed by atoms with Crippen molar-refractivity contribution in [2.24, 2.45) is 5.92 Å². The van der Waals surface area contributed by atoms with E-state index in [1.165, 1.54) is 0 Å². The molecule has 2 rings (SSSR count). The highest BCUT2D eigenvalue weighted by atomic mass is 35.5. The topological polar surface area (TPSA) is 18.5 Å². The second kappa shape index (κ2) is 5.89. The van der Waals surface area contributed by atoms with Crippen LogP contribution in [-0.4, -0.2) is 19.3 Å². The van der Waals surface area contributed by atoms with Crippen molar-refractivity contribution in [1.29, 1.82) is 0 Å². The lowest BCUT2D eigenvalue weighted by molar-refractivity contribution is -0.0338. The molecule has 0 bridgehead atoms. The summed E-state index contributed by atoms with van der Waals surface area (Å²) in [7, 11) is 0. The van der Waals surface area contributed by atoms with Crippen LogP contribution in [0.5, 0.6) is 5.75 Å². The van der Waals surface area contributed by atoms with Gasteiger partial charge in [0.05, 0.1) is 11.1 Å². The van der Waals surface area contributed by atoms with E-state index in [0.717, 1.165) is 19.4 Å². The van der Waals surface area contributed by atoms with Gasteiger partial charge < -0.3 is 9.47 Å². The van der Waals surface area contributed by atoms with Gasteiger partial charge in [-0.3, -0.25) is 0 Å². The third-order valence-corrected chi connectivity index (χ3v) is 3.73. The van der Waals surface area contributed by atoms with Crippen molar-refractivity contribution in [3.05, 3.63) is 28.5 Å². The van der Waals surface area contributed by atoms with Crippen molar-refractivity contribution in [3.63, 3.8) is 0 Å². The summed E-state index contributed by atoms with van der Waals surface area (Å²) < 4.78 is 24.9. The van der Waals surface area contributed by atoms with E-state index in [1.807, 2.05) is 0 Å². The van der Waals surface area contributed by atoms with Crippen molar-refractivity contribution in [2.75, 3.05) is 13.2 Å². The molecule has 1 saturated heterocycles. The molecule has 1 aliphatic heterocycles. The summed E-state index contributed by atoms with van der Waals surface area (Å²) in [6.07, 6.45) is 2.15. The molecule has 100 valence electrons. The second-order valence-electron chi connectivity index (χ2n) is 4.96. The Kier molecular flexibility index (Phi) is 4.46. The van der Waals surface area contributed by atoms with Gasteiger partial charge in [0.1, 0.15) is 6.61 Å². The molecule has 2 atom stereocenters. The summed E-state index contributed by atoms with van der Waals surface area (Å²) in [6.45, 7) is 5.06. The van der Waals surface area contributed by atoms with E-state index in [0.29, 0.717) is 18.1 Å². The maximum atomic E-state index is 13.8. The molecule has 1 aromatic rings. The first-order chi connectivity index (χ1) is 8.58. The monoisotopic (exact) mass is 272 g/mol. The predicted octanol–water partition coefficient (Wildman–Crippen LogP) is 3.98. The van der Waals surface area contributed by atoms with E-state index >= 15 is 0 Å².